The molecule has 0 bridgehead atoms. The van der Waals surface area contributed by atoms with Gasteiger partial charge in [-0.15, -0.1) is 0 Å². The van der Waals surface area contributed by atoms with E-state index in [0.717, 1.165) is 16.9 Å². The Morgan fingerprint density at radius 1 is 1.31 bits per heavy atom. The Labute approximate surface area is 92.5 Å². The van der Waals surface area contributed by atoms with Gasteiger partial charge in [-0.1, -0.05) is 24.3 Å². The molecule has 0 amide bonds. The molecule has 0 aromatic rings. The van der Waals surface area contributed by atoms with Crippen LogP contribution in [0.5, 0.6) is 0 Å². The molecule has 3 nitrogen and oxygen atoms in total. The minimum absolute atomic E-state index is 0.758. The van der Waals surface area contributed by atoms with Crippen LogP contribution in [-0.4, -0.2) is 16.8 Å². The summed E-state index contributed by atoms with van der Waals surface area (Å²) in [5.74, 6) is -0.855. The van der Waals surface area contributed by atoms with Crippen LogP contribution in [-0.2, 0) is 4.79 Å². The smallest absolute Gasteiger partial charge is 0.322 e. The van der Waals surface area contributed by atoms with Crippen LogP contribution in [0, 0.1) is 5.41 Å². The van der Waals surface area contributed by atoms with Crippen molar-refractivity contribution in [3.8, 4) is 0 Å². The highest BCUT2D eigenvalue weighted by Gasteiger charge is 2.41. The maximum absolute atomic E-state index is 11.5. The van der Waals surface area contributed by atoms with E-state index in [4.69, 9.17) is 0 Å². The first-order valence-corrected chi connectivity index (χ1v) is 5.01. The molecular formula is C13H9NO2. The molecule has 0 aromatic carbocycles. The normalized spacial score (nSPS) is 29.1. The first kappa shape index (κ1) is 9.09. The predicted octanol–water partition coefficient (Wildman–Crippen LogP) is 2.02. The lowest BCUT2D eigenvalue weighted by Gasteiger charge is -2.29. The summed E-state index contributed by atoms with van der Waals surface area (Å²) in [5, 5.41) is 9.41. The first-order chi connectivity index (χ1) is 7.72. The summed E-state index contributed by atoms with van der Waals surface area (Å²) < 4.78 is 0. The molecule has 0 saturated heterocycles. The van der Waals surface area contributed by atoms with Crippen molar-refractivity contribution in [2.45, 2.75) is 0 Å². The zero-order valence-corrected chi connectivity index (χ0v) is 8.42. The molecule has 1 N–H and O–H groups in total. The summed E-state index contributed by atoms with van der Waals surface area (Å²) >= 11 is 0. The van der Waals surface area contributed by atoms with Gasteiger partial charge in [0, 0.05) is 6.20 Å². The molecule has 1 atom stereocenters. The lowest BCUT2D eigenvalue weighted by Crippen LogP contribution is -2.32. The van der Waals surface area contributed by atoms with Gasteiger partial charge in [-0.2, -0.15) is 0 Å². The fraction of sp³-hybridized carbons (Fsp3) is 0.0769. The van der Waals surface area contributed by atoms with Gasteiger partial charge in [-0.05, 0) is 29.4 Å². The standard InChI is InChI=1S/C13H9NO2/c15-12(16)13-5-2-1-3-10(13)7-11-9(8-13)4-6-14-11/h1-8H,(H,15,16). The first-order valence-electron chi connectivity index (χ1n) is 5.01. The Kier molecular flexibility index (Phi) is 1.66. The van der Waals surface area contributed by atoms with Gasteiger partial charge in [-0.3, -0.25) is 9.79 Å². The largest absolute Gasteiger partial charge is 0.480 e. The average molecular weight is 211 g/mol. The summed E-state index contributed by atoms with van der Waals surface area (Å²) in [4.78, 5) is 15.6. The Balaban J connectivity index is 2.24. The van der Waals surface area contributed by atoms with E-state index in [9.17, 15) is 9.90 Å². The van der Waals surface area contributed by atoms with Crippen molar-refractivity contribution in [1.29, 1.82) is 0 Å². The maximum Gasteiger partial charge on any atom is 0.322 e. The SMILES string of the molecule is O=C(O)C12C=CC=CC1=CC1=NC=CC1=C2. The summed E-state index contributed by atoms with van der Waals surface area (Å²) in [6.07, 6.45) is 14.3. The maximum atomic E-state index is 11.5. The molecule has 3 heteroatoms. The van der Waals surface area contributed by atoms with Gasteiger partial charge in [0.1, 0.15) is 5.41 Å². The lowest BCUT2D eigenvalue weighted by molar-refractivity contribution is -0.141. The monoisotopic (exact) mass is 211 g/mol. The van der Waals surface area contributed by atoms with Crippen LogP contribution < -0.4 is 0 Å². The number of hydrogen-bond acceptors (Lipinski definition) is 2. The molecule has 1 heterocycles. The van der Waals surface area contributed by atoms with E-state index < -0.39 is 11.4 Å². The quantitative estimate of drug-likeness (QED) is 0.721. The summed E-state index contributed by atoms with van der Waals surface area (Å²) in [6.45, 7) is 0. The molecule has 0 radical (unpaired) electrons. The third-order valence-electron chi connectivity index (χ3n) is 3.02. The predicted molar refractivity (Wildman–Crippen MR) is 61.1 cm³/mol. The van der Waals surface area contributed by atoms with Crippen molar-refractivity contribution in [2.75, 3.05) is 0 Å². The van der Waals surface area contributed by atoms with Crippen LogP contribution in [0.1, 0.15) is 0 Å². The van der Waals surface area contributed by atoms with Crippen LogP contribution in [0.15, 0.2) is 64.9 Å². The molecule has 0 fully saturated rings. The van der Waals surface area contributed by atoms with E-state index in [1.807, 2.05) is 24.3 Å². The van der Waals surface area contributed by atoms with Gasteiger partial charge in [0.25, 0.3) is 0 Å². The number of aliphatic carboxylic acids is 1. The van der Waals surface area contributed by atoms with Gasteiger partial charge in [0.15, 0.2) is 0 Å². The molecule has 3 aliphatic rings. The highest BCUT2D eigenvalue weighted by atomic mass is 16.4. The number of rotatable bonds is 1. The molecule has 2 aliphatic carbocycles. The molecule has 0 spiro atoms. The highest BCUT2D eigenvalue weighted by molar-refractivity contribution is 6.15. The van der Waals surface area contributed by atoms with E-state index in [0.29, 0.717) is 0 Å². The molecule has 78 valence electrons. The van der Waals surface area contributed by atoms with Crippen molar-refractivity contribution in [2.24, 2.45) is 10.4 Å². The fourth-order valence-corrected chi connectivity index (χ4v) is 2.15. The molecule has 1 aliphatic heterocycles. The molecule has 0 aromatic heterocycles. The number of fused-ring (bicyclic) bond motifs is 2. The number of nitrogens with zero attached hydrogens (tertiary/aromatic N) is 1. The Morgan fingerprint density at radius 3 is 3.00 bits per heavy atom. The van der Waals surface area contributed by atoms with Gasteiger partial charge >= 0.3 is 5.97 Å². The van der Waals surface area contributed by atoms with Crippen LogP contribution in [0.3, 0.4) is 0 Å². The lowest BCUT2D eigenvalue weighted by atomic mass is 9.72. The number of carbonyl (C=O) groups is 1. The van der Waals surface area contributed by atoms with Crippen LogP contribution in [0.4, 0.5) is 0 Å². The van der Waals surface area contributed by atoms with Crippen molar-refractivity contribution in [3.05, 3.63) is 59.9 Å². The molecular weight excluding hydrogens is 202 g/mol. The van der Waals surface area contributed by atoms with Gasteiger partial charge in [0.2, 0.25) is 0 Å². The van der Waals surface area contributed by atoms with E-state index in [1.165, 1.54) is 0 Å². The van der Waals surface area contributed by atoms with Crippen LogP contribution >= 0.6 is 0 Å². The Hall–Kier alpha value is -2.16. The fourth-order valence-electron chi connectivity index (χ4n) is 2.15. The van der Waals surface area contributed by atoms with E-state index >= 15 is 0 Å². The van der Waals surface area contributed by atoms with E-state index in [1.54, 1.807) is 24.4 Å². The second-order valence-corrected chi connectivity index (χ2v) is 3.92. The number of carboxylic acid groups (broad SMARTS) is 1. The second kappa shape index (κ2) is 2.92. The van der Waals surface area contributed by atoms with Gasteiger partial charge in [0.05, 0.1) is 5.71 Å². The van der Waals surface area contributed by atoms with Crippen LogP contribution in [0.25, 0.3) is 0 Å². The van der Waals surface area contributed by atoms with Crippen molar-refractivity contribution >= 4 is 11.7 Å². The second-order valence-electron chi connectivity index (χ2n) is 3.92. The minimum atomic E-state index is -1.02. The van der Waals surface area contributed by atoms with E-state index in [-0.39, 0.29) is 0 Å². The zero-order valence-electron chi connectivity index (χ0n) is 8.42. The zero-order chi connectivity index (χ0) is 11.2. The summed E-state index contributed by atoms with van der Waals surface area (Å²) in [5.41, 5.74) is 1.46. The molecule has 3 rings (SSSR count). The number of hydrogen-bond donors (Lipinski definition) is 1. The Bertz CT molecular complexity index is 558. The third kappa shape index (κ3) is 1.03. The summed E-state index contributed by atoms with van der Waals surface area (Å²) in [7, 11) is 0. The minimum Gasteiger partial charge on any atom is -0.480 e. The molecule has 16 heavy (non-hydrogen) atoms. The van der Waals surface area contributed by atoms with Gasteiger partial charge < -0.3 is 5.11 Å². The number of allylic oxidation sites excluding steroid dienone is 6. The average Bonchev–Trinajstić information content (AvgIpc) is 2.72. The number of carboxylic acids is 1. The van der Waals surface area contributed by atoms with Gasteiger partial charge in [-0.25, -0.2) is 0 Å². The van der Waals surface area contributed by atoms with Crippen LogP contribution in [0.2, 0.25) is 0 Å². The topological polar surface area (TPSA) is 49.7 Å². The molecule has 1 unspecified atom stereocenters. The summed E-state index contributed by atoms with van der Waals surface area (Å²) in [6, 6.07) is 0. The van der Waals surface area contributed by atoms with E-state index in [2.05, 4.69) is 4.99 Å². The van der Waals surface area contributed by atoms with Crippen molar-refractivity contribution in [1.82, 2.24) is 0 Å². The highest BCUT2D eigenvalue weighted by Crippen LogP contribution is 2.40. The third-order valence-corrected chi connectivity index (χ3v) is 3.02. The molecule has 0 saturated carbocycles. The van der Waals surface area contributed by atoms with Crippen molar-refractivity contribution in [3.63, 3.8) is 0 Å². The Morgan fingerprint density at radius 2 is 2.19 bits per heavy atom. The number of aliphatic imine (C=N–C) groups is 1. The van der Waals surface area contributed by atoms with Crippen molar-refractivity contribution < 1.29 is 9.90 Å².